The Kier molecular flexibility index (Phi) is 5.80. The summed E-state index contributed by atoms with van der Waals surface area (Å²) in [5, 5.41) is 2.85. The van der Waals surface area contributed by atoms with Gasteiger partial charge in [-0.15, -0.1) is 0 Å². The van der Waals surface area contributed by atoms with Gasteiger partial charge in [-0.1, -0.05) is 60.7 Å². The van der Waals surface area contributed by atoms with E-state index in [0.717, 1.165) is 12.0 Å². The van der Waals surface area contributed by atoms with Gasteiger partial charge in [-0.05, 0) is 17.5 Å². The second-order valence-electron chi connectivity index (χ2n) is 4.56. The summed E-state index contributed by atoms with van der Waals surface area (Å²) in [6.45, 7) is 1.20. The van der Waals surface area contributed by atoms with E-state index in [-0.39, 0.29) is 12.5 Å². The molecule has 0 aromatic heterocycles. The molecule has 0 fully saturated rings. The fourth-order valence-electron chi connectivity index (χ4n) is 1.88. The lowest BCUT2D eigenvalue weighted by Crippen LogP contribution is -2.29. The molecule has 0 spiro atoms. The normalized spacial score (nSPS) is 10.2. The van der Waals surface area contributed by atoms with Crippen molar-refractivity contribution in [1.82, 2.24) is 5.32 Å². The van der Waals surface area contributed by atoms with E-state index in [2.05, 4.69) is 17.4 Å². The fourth-order valence-corrected chi connectivity index (χ4v) is 1.88. The molecule has 0 bridgehead atoms. The molecule has 0 unspecified atom stereocenters. The van der Waals surface area contributed by atoms with Crippen LogP contribution < -0.4 is 5.32 Å². The second-order valence-corrected chi connectivity index (χ2v) is 4.56. The molecule has 3 heteroatoms. The predicted molar refractivity (Wildman–Crippen MR) is 79.3 cm³/mol. The molecule has 2 aromatic carbocycles. The molecular formula is C17H19NO2. The molecule has 0 aliphatic rings. The molecule has 2 rings (SSSR count). The van der Waals surface area contributed by atoms with E-state index in [1.54, 1.807) is 0 Å². The minimum Gasteiger partial charge on any atom is -0.367 e. The monoisotopic (exact) mass is 269 g/mol. The van der Waals surface area contributed by atoms with Crippen LogP contribution >= 0.6 is 0 Å². The van der Waals surface area contributed by atoms with Crippen LogP contribution in [0.1, 0.15) is 11.1 Å². The van der Waals surface area contributed by atoms with Crippen molar-refractivity contribution in [2.24, 2.45) is 0 Å². The maximum atomic E-state index is 11.6. The molecule has 0 atom stereocenters. The maximum Gasteiger partial charge on any atom is 0.246 e. The van der Waals surface area contributed by atoms with Crippen molar-refractivity contribution < 1.29 is 9.53 Å². The van der Waals surface area contributed by atoms with Gasteiger partial charge in [0.15, 0.2) is 0 Å². The SMILES string of the molecule is O=C(COCc1ccccc1)NCCc1ccccc1. The second kappa shape index (κ2) is 8.12. The van der Waals surface area contributed by atoms with Crippen LogP contribution in [0.25, 0.3) is 0 Å². The summed E-state index contributed by atoms with van der Waals surface area (Å²) in [6, 6.07) is 19.9. The van der Waals surface area contributed by atoms with Crippen LogP contribution in [0.15, 0.2) is 60.7 Å². The predicted octanol–water partition coefficient (Wildman–Crippen LogP) is 2.56. The van der Waals surface area contributed by atoms with Gasteiger partial charge in [-0.25, -0.2) is 0 Å². The molecule has 20 heavy (non-hydrogen) atoms. The van der Waals surface area contributed by atoms with Crippen LogP contribution in [0.2, 0.25) is 0 Å². The molecule has 3 nitrogen and oxygen atoms in total. The van der Waals surface area contributed by atoms with Crippen molar-refractivity contribution >= 4 is 5.91 Å². The Bertz CT molecular complexity index is 464. The van der Waals surface area contributed by atoms with Crippen LogP contribution in [-0.4, -0.2) is 19.1 Å². The van der Waals surface area contributed by atoms with Gasteiger partial charge in [0, 0.05) is 6.54 Å². The average Bonchev–Trinajstić information content (AvgIpc) is 2.49. The topological polar surface area (TPSA) is 38.3 Å². The third-order valence-corrected chi connectivity index (χ3v) is 2.92. The van der Waals surface area contributed by atoms with Gasteiger partial charge in [0.05, 0.1) is 6.61 Å². The first-order valence-corrected chi connectivity index (χ1v) is 6.77. The third-order valence-electron chi connectivity index (χ3n) is 2.92. The Morgan fingerprint density at radius 3 is 2.15 bits per heavy atom. The molecule has 0 radical (unpaired) electrons. The molecule has 0 aliphatic heterocycles. The molecular weight excluding hydrogens is 250 g/mol. The van der Waals surface area contributed by atoms with Crippen LogP contribution in [0.5, 0.6) is 0 Å². The van der Waals surface area contributed by atoms with Crippen LogP contribution in [0.4, 0.5) is 0 Å². The van der Waals surface area contributed by atoms with Crippen molar-refractivity contribution in [1.29, 1.82) is 0 Å². The van der Waals surface area contributed by atoms with Crippen molar-refractivity contribution in [2.45, 2.75) is 13.0 Å². The maximum absolute atomic E-state index is 11.6. The van der Waals surface area contributed by atoms with E-state index in [9.17, 15) is 4.79 Å². The lowest BCUT2D eigenvalue weighted by molar-refractivity contribution is -0.126. The standard InChI is InChI=1S/C17H19NO2/c19-17(14-20-13-16-9-5-2-6-10-16)18-12-11-15-7-3-1-4-8-15/h1-10H,11-14H2,(H,18,19). The molecule has 0 saturated carbocycles. The number of nitrogens with one attached hydrogen (secondary N) is 1. The number of benzene rings is 2. The summed E-state index contributed by atoms with van der Waals surface area (Å²) in [7, 11) is 0. The van der Waals surface area contributed by atoms with Gasteiger partial charge >= 0.3 is 0 Å². The molecule has 2 aromatic rings. The number of hydrogen-bond acceptors (Lipinski definition) is 2. The van der Waals surface area contributed by atoms with Crippen LogP contribution in [-0.2, 0) is 22.6 Å². The highest BCUT2D eigenvalue weighted by Crippen LogP contribution is 2.00. The van der Waals surface area contributed by atoms with Gasteiger partial charge < -0.3 is 10.1 Å². The molecule has 0 heterocycles. The quantitative estimate of drug-likeness (QED) is 0.839. The Hall–Kier alpha value is -2.13. The molecule has 0 aliphatic carbocycles. The number of amides is 1. The third kappa shape index (κ3) is 5.24. The van der Waals surface area contributed by atoms with Crippen molar-refractivity contribution in [2.75, 3.05) is 13.2 Å². The van der Waals surface area contributed by atoms with Crippen molar-refractivity contribution in [3.05, 3.63) is 71.8 Å². The van der Waals surface area contributed by atoms with Crippen molar-refractivity contribution in [3.8, 4) is 0 Å². The van der Waals surface area contributed by atoms with Gasteiger partial charge in [0.1, 0.15) is 6.61 Å². The highest BCUT2D eigenvalue weighted by molar-refractivity contribution is 5.77. The van der Waals surface area contributed by atoms with Gasteiger partial charge in [-0.2, -0.15) is 0 Å². The summed E-state index contributed by atoms with van der Waals surface area (Å²) in [5.74, 6) is -0.0723. The average molecular weight is 269 g/mol. The zero-order valence-electron chi connectivity index (χ0n) is 11.4. The van der Waals surface area contributed by atoms with Gasteiger partial charge in [0.25, 0.3) is 0 Å². The van der Waals surface area contributed by atoms with E-state index >= 15 is 0 Å². The first-order valence-electron chi connectivity index (χ1n) is 6.77. The zero-order valence-corrected chi connectivity index (χ0v) is 11.4. The van der Waals surface area contributed by atoms with Crippen LogP contribution in [0.3, 0.4) is 0 Å². The number of rotatable bonds is 7. The number of ether oxygens (including phenoxy) is 1. The van der Waals surface area contributed by atoms with E-state index in [1.165, 1.54) is 5.56 Å². The molecule has 1 N–H and O–H groups in total. The Balaban J connectivity index is 1.59. The largest absolute Gasteiger partial charge is 0.367 e. The van der Waals surface area contributed by atoms with E-state index < -0.39 is 0 Å². The van der Waals surface area contributed by atoms with E-state index in [1.807, 2.05) is 48.5 Å². The minimum atomic E-state index is -0.0723. The summed E-state index contributed by atoms with van der Waals surface area (Å²) < 4.78 is 5.37. The van der Waals surface area contributed by atoms with Gasteiger partial charge in [0.2, 0.25) is 5.91 Å². The lowest BCUT2D eigenvalue weighted by atomic mass is 10.1. The summed E-state index contributed by atoms with van der Waals surface area (Å²) >= 11 is 0. The molecule has 0 saturated heterocycles. The van der Waals surface area contributed by atoms with E-state index in [4.69, 9.17) is 4.74 Å². The summed E-state index contributed by atoms with van der Waals surface area (Å²) in [6.07, 6.45) is 0.839. The Morgan fingerprint density at radius 1 is 0.900 bits per heavy atom. The summed E-state index contributed by atoms with van der Waals surface area (Å²) in [4.78, 5) is 11.6. The lowest BCUT2D eigenvalue weighted by Gasteiger charge is -2.06. The van der Waals surface area contributed by atoms with Crippen LogP contribution in [0, 0.1) is 0 Å². The number of carbonyl (C=O) groups excluding carboxylic acids is 1. The minimum absolute atomic E-state index is 0.0723. The number of hydrogen-bond donors (Lipinski definition) is 1. The van der Waals surface area contributed by atoms with E-state index in [0.29, 0.717) is 13.2 Å². The zero-order chi connectivity index (χ0) is 14.0. The number of carbonyl (C=O) groups is 1. The highest BCUT2D eigenvalue weighted by atomic mass is 16.5. The smallest absolute Gasteiger partial charge is 0.246 e. The summed E-state index contributed by atoms with van der Waals surface area (Å²) in [5.41, 5.74) is 2.29. The Morgan fingerprint density at radius 2 is 1.50 bits per heavy atom. The molecule has 1 amide bonds. The fraction of sp³-hybridized carbons (Fsp3) is 0.235. The van der Waals surface area contributed by atoms with Gasteiger partial charge in [-0.3, -0.25) is 4.79 Å². The van der Waals surface area contributed by atoms with Crippen molar-refractivity contribution in [3.63, 3.8) is 0 Å². The highest BCUT2D eigenvalue weighted by Gasteiger charge is 2.01. The first-order chi connectivity index (χ1) is 9.84. The Labute approximate surface area is 119 Å². The first kappa shape index (κ1) is 14.3. The molecule has 104 valence electrons.